The normalized spacial score (nSPS) is 16.6. The molecule has 1 heterocycles. The average molecular weight is 394 g/mol. The molecule has 1 saturated heterocycles. The first-order valence-corrected chi connectivity index (χ1v) is 9.44. The number of carbonyl (C=O) groups is 1. The SMILES string of the molecule is CCOc1ccc(C2CCCN2C(=O)COc2ccc(Cl)cc2Cl)cc1. The van der Waals surface area contributed by atoms with Gasteiger partial charge < -0.3 is 14.4 Å². The molecule has 1 aliphatic heterocycles. The molecule has 0 spiro atoms. The summed E-state index contributed by atoms with van der Waals surface area (Å²) in [5.41, 5.74) is 1.11. The van der Waals surface area contributed by atoms with E-state index < -0.39 is 0 Å². The second kappa shape index (κ2) is 8.65. The van der Waals surface area contributed by atoms with Crippen molar-refractivity contribution in [2.45, 2.75) is 25.8 Å². The molecule has 1 fully saturated rings. The Hall–Kier alpha value is -1.91. The van der Waals surface area contributed by atoms with E-state index in [1.54, 1.807) is 18.2 Å². The molecule has 0 aliphatic carbocycles. The number of nitrogens with zero attached hydrogens (tertiary/aromatic N) is 1. The molecule has 1 atom stereocenters. The van der Waals surface area contributed by atoms with Crippen molar-refractivity contribution in [3.05, 3.63) is 58.1 Å². The quantitative estimate of drug-likeness (QED) is 0.682. The van der Waals surface area contributed by atoms with Crippen molar-refractivity contribution in [2.75, 3.05) is 19.8 Å². The third-order valence-corrected chi connectivity index (χ3v) is 4.92. The molecule has 6 heteroatoms. The van der Waals surface area contributed by atoms with Crippen LogP contribution in [0.15, 0.2) is 42.5 Å². The first-order chi connectivity index (χ1) is 12.6. The highest BCUT2D eigenvalue weighted by Crippen LogP contribution is 2.33. The van der Waals surface area contributed by atoms with E-state index in [1.165, 1.54) is 0 Å². The van der Waals surface area contributed by atoms with Crippen molar-refractivity contribution < 1.29 is 14.3 Å². The molecule has 0 N–H and O–H groups in total. The molecule has 1 aliphatic rings. The van der Waals surface area contributed by atoms with Crippen molar-refractivity contribution >= 4 is 29.1 Å². The molecule has 2 aromatic rings. The maximum Gasteiger partial charge on any atom is 0.261 e. The van der Waals surface area contributed by atoms with Crippen LogP contribution in [0.3, 0.4) is 0 Å². The van der Waals surface area contributed by atoms with Gasteiger partial charge in [-0.3, -0.25) is 4.79 Å². The lowest BCUT2D eigenvalue weighted by Gasteiger charge is -2.25. The van der Waals surface area contributed by atoms with Gasteiger partial charge in [-0.25, -0.2) is 0 Å². The van der Waals surface area contributed by atoms with Crippen LogP contribution in [0.25, 0.3) is 0 Å². The number of halogens is 2. The number of hydrogen-bond donors (Lipinski definition) is 0. The minimum Gasteiger partial charge on any atom is -0.494 e. The Morgan fingerprint density at radius 1 is 1.15 bits per heavy atom. The maximum absolute atomic E-state index is 12.7. The summed E-state index contributed by atoms with van der Waals surface area (Å²) in [6.45, 7) is 3.28. The molecular weight excluding hydrogens is 373 g/mol. The van der Waals surface area contributed by atoms with Crippen molar-refractivity contribution in [1.29, 1.82) is 0 Å². The maximum atomic E-state index is 12.7. The van der Waals surface area contributed by atoms with Gasteiger partial charge in [-0.05, 0) is 55.7 Å². The summed E-state index contributed by atoms with van der Waals surface area (Å²) < 4.78 is 11.1. The van der Waals surface area contributed by atoms with Crippen LogP contribution in [-0.4, -0.2) is 30.6 Å². The monoisotopic (exact) mass is 393 g/mol. The lowest BCUT2D eigenvalue weighted by Crippen LogP contribution is -2.34. The smallest absolute Gasteiger partial charge is 0.261 e. The van der Waals surface area contributed by atoms with Gasteiger partial charge in [-0.15, -0.1) is 0 Å². The van der Waals surface area contributed by atoms with Gasteiger partial charge in [0.2, 0.25) is 0 Å². The molecule has 0 radical (unpaired) electrons. The first kappa shape index (κ1) is 18.9. The zero-order chi connectivity index (χ0) is 18.5. The fourth-order valence-electron chi connectivity index (χ4n) is 3.18. The molecule has 1 unspecified atom stereocenters. The van der Waals surface area contributed by atoms with E-state index in [2.05, 4.69) is 0 Å². The molecule has 0 bridgehead atoms. The van der Waals surface area contributed by atoms with Gasteiger partial charge in [0, 0.05) is 11.6 Å². The number of carbonyl (C=O) groups excluding carboxylic acids is 1. The highest BCUT2D eigenvalue weighted by Gasteiger charge is 2.30. The summed E-state index contributed by atoms with van der Waals surface area (Å²) >= 11 is 12.0. The van der Waals surface area contributed by atoms with E-state index in [0.29, 0.717) is 22.4 Å². The Morgan fingerprint density at radius 3 is 2.62 bits per heavy atom. The molecule has 0 aromatic heterocycles. The fraction of sp³-hybridized carbons (Fsp3) is 0.350. The fourth-order valence-corrected chi connectivity index (χ4v) is 3.64. The van der Waals surface area contributed by atoms with Gasteiger partial charge >= 0.3 is 0 Å². The molecule has 1 amide bonds. The Labute approximate surface area is 163 Å². The van der Waals surface area contributed by atoms with E-state index in [4.69, 9.17) is 32.7 Å². The molecule has 0 saturated carbocycles. The Bertz CT molecular complexity index is 764. The predicted octanol–water partition coefficient (Wildman–Crippen LogP) is 5.13. The Balaban J connectivity index is 1.64. The molecule has 138 valence electrons. The van der Waals surface area contributed by atoms with Crippen LogP contribution in [0.1, 0.15) is 31.4 Å². The second-order valence-electron chi connectivity index (χ2n) is 6.11. The summed E-state index contributed by atoms with van der Waals surface area (Å²) in [7, 11) is 0. The zero-order valence-electron chi connectivity index (χ0n) is 14.6. The van der Waals surface area contributed by atoms with Gasteiger partial charge in [0.25, 0.3) is 5.91 Å². The highest BCUT2D eigenvalue weighted by molar-refractivity contribution is 6.35. The van der Waals surface area contributed by atoms with E-state index in [0.717, 1.165) is 30.7 Å². The number of likely N-dealkylation sites (tertiary alicyclic amines) is 1. The summed E-state index contributed by atoms with van der Waals surface area (Å²) in [5.74, 6) is 1.25. The van der Waals surface area contributed by atoms with Gasteiger partial charge in [-0.1, -0.05) is 35.3 Å². The van der Waals surface area contributed by atoms with Gasteiger partial charge in [0.05, 0.1) is 17.7 Å². The molecule has 2 aromatic carbocycles. The van der Waals surface area contributed by atoms with Crippen LogP contribution in [0, 0.1) is 0 Å². The molecule has 4 nitrogen and oxygen atoms in total. The Morgan fingerprint density at radius 2 is 1.92 bits per heavy atom. The summed E-state index contributed by atoms with van der Waals surface area (Å²) in [6, 6.07) is 13.0. The first-order valence-electron chi connectivity index (χ1n) is 8.68. The lowest BCUT2D eigenvalue weighted by molar-refractivity contribution is -0.134. The van der Waals surface area contributed by atoms with Crippen molar-refractivity contribution in [2.24, 2.45) is 0 Å². The summed E-state index contributed by atoms with van der Waals surface area (Å²) in [5, 5.41) is 0.929. The highest BCUT2D eigenvalue weighted by atomic mass is 35.5. The van der Waals surface area contributed by atoms with Crippen LogP contribution in [0.4, 0.5) is 0 Å². The Kier molecular flexibility index (Phi) is 6.28. The average Bonchev–Trinajstić information content (AvgIpc) is 3.11. The number of benzene rings is 2. The number of hydrogen-bond acceptors (Lipinski definition) is 3. The van der Waals surface area contributed by atoms with Crippen LogP contribution < -0.4 is 9.47 Å². The van der Waals surface area contributed by atoms with Crippen molar-refractivity contribution in [1.82, 2.24) is 4.90 Å². The zero-order valence-corrected chi connectivity index (χ0v) is 16.1. The van der Waals surface area contributed by atoms with Crippen LogP contribution in [0.5, 0.6) is 11.5 Å². The number of rotatable bonds is 6. The second-order valence-corrected chi connectivity index (χ2v) is 6.95. The minimum absolute atomic E-state index is 0.0467. The topological polar surface area (TPSA) is 38.8 Å². The third-order valence-electron chi connectivity index (χ3n) is 4.39. The predicted molar refractivity (Wildman–Crippen MR) is 103 cm³/mol. The van der Waals surface area contributed by atoms with Gasteiger partial charge in [-0.2, -0.15) is 0 Å². The van der Waals surface area contributed by atoms with E-state index in [-0.39, 0.29) is 18.6 Å². The lowest BCUT2D eigenvalue weighted by atomic mass is 10.0. The number of ether oxygens (including phenoxy) is 2. The van der Waals surface area contributed by atoms with Gasteiger partial charge in [0.15, 0.2) is 6.61 Å². The van der Waals surface area contributed by atoms with Crippen LogP contribution in [-0.2, 0) is 4.79 Å². The van der Waals surface area contributed by atoms with Crippen molar-refractivity contribution in [3.63, 3.8) is 0 Å². The number of amides is 1. The van der Waals surface area contributed by atoms with E-state index in [9.17, 15) is 4.79 Å². The molecular formula is C20H21Cl2NO3. The minimum atomic E-state index is -0.0487. The summed E-state index contributed by atoms with van der Waals surface area (Å²) in [6.07, 6.45) is 1.92. The summed E-state index contributed by atoms with van der Waals surface area (Å²) in [4.78, 5) is 14.5. The van der Waals surface area contributed by atoms with Crippen molar-refractivity contribution in [3.8, 4) is 11.5 Å². The standard InChI is InChI=1S/C20H21Cl2NO3/c1-2-25-16-8-5-14(6-9-16)18-4-3-11-23(18)20(24)13-26-19-10-7-15(21)12-17(19)22/h5-10,12,18H,2-4,11,13H2,1H3. The third kappa shape index (κ3) is 4.43. The molecule has 26 heavy (non-hydrogen) atoms. The van der Waals surface area contributed by atoms with Crippen LogP contribution in [0.2, 0.25) is 10.0 Å². The largest absolute Gasteiger partial charge is 0.494 e. The van der Waals surface area contributed by atoms with E-state index >= 15 is 0 Å². The van der Waals surface area contributed by atoms with Crippen LogP contribution >= 0.6 is 23.2 Å². The van der Waals surface area contributed by atoms with E-state index in [1.807, 2.05) is 36.1 Å². The van der Waals surface area contributed by atoms with Gasteiger partial charge in [0.1, 0.15) is 11.5 Å². The molecule has 3 rings (SSSR count).